The maximum atomic E-state index is 12.4. The van der Waals surface area contributed by atoms with Gasteiger partial charge in [-0.2, -0.15) is 0 Å². The minimum absolute atomic E-state index is 0.0600. The molecule has 1 aromatic carbocycles. The summed E-state index contributed by atoms with van der Waals surface area (Å²) in [7, 11) is -1.50. The van der Waals surface area contributed by atoms with Gasteiger partial charge in [0, 0.05) is 20.2 Å². The summed E-state index contributed by atoms with van der Waals surface area (Å²) in [6.07, 6.45) is -3.45. The van der Waals surface area contributed by atoms with Crippen LogP contribution in [0.25, 0.3) is 6.08 Å². The zero-order valence-electron chi connectivity index (χ0n) is 12.4. The number of carboxylic acid groups (broad SMARTS) is 1. The number of hydrogen-bond acceptors (Lipinski definition) is 4. The molecule has 0 saturated heterocycles. The van der Waals surface area contributed by atoms with Crippen LogP contribution in [0, 0.1) is 6.92 Å². The number of hydrogen-bond donors (Lipinski definition) is 1. The van der Waals surface area contributed by atoms with Crippen LogP contribution in [-0.4, -0.2) is 44.3 Å². The maximum absolute atomic E-state index is 12.4. The SMILES string of the molecule is Cc1cc(S(=O)(=O)N(C)C)c(/C=C/C(=O)O)cc1OC(F)(F)F. The van der Waals surface area contributed by atoms with E-state index in [0.717, 1.165) is 22.5 Å². The standard InChI is InChI=1S/C13H14F3NO5S/c1-8-6-11(23(20,21)17(2)3)9(4-5-12(18)19)7-10(8)22-13(14,15)16/h4-7H,1-3H3,(H,18,19)/b5-4+. The molecule has 0 aliphatic rings. The van der Waals surface area contributed by atoms with E-state index in [-0.39, 0.29) is 16.0 Å². The van der Waals surface area contributed by atoms with E-state index in [1.807, 2.05) is 0 Å². The lowest BCUT2D eigenvalue weighted by Gasteiger charge is -2.17. The van der Waals surface area contributed by atoms with Crippen molar-refractivity contribution < 1.29 is 36.2 Å². The molecule has 0 unspecified atom stereocenters. The van der Waals surface area contributed by atoms with Crippen molar-refractivity contribution in [3.63, 3.8) is 0 Å². The topological polar surface area (TPSA) is 83.9 Å². The fraction of sp³-hybridized carbons (Fsp3) is 0.308. The Hall–Kier alpha value is -2.07. The van der Waals surface area contributed by atoms with Crippen molar-refractivity contribution >= 4 is 22.1 Å². The van der Waals surface area contributed by atoms with Gasteiger partial charge in [-0.25, -0.2) is 17.5 Å². The predicted octanol–water partition coefficient (Wildman–Crippen LogP) is 2.24. The van der Waals surface area contributed by atoms with Crippen LogP contribution < -0.4 is 4.74 Å². The molecular formula is C13H14F3NO5S. The molecule has 0 bridgehead atoms. The van der Waals surface area contributed by atoms with E-state index in [0.29, 0.717) is 6.08 Å². The number of aryl methyl sites for hydroxylation is 1. The van der Waals surface area contributed by atoms with Gasteiger partial charge in [0.2, 0.25) is 10.0 Å². The fourth-order valence-electron chi connectivity index (χ4n) is 1.62. The monoisotopic (exact) mass is 353 g/mol. The molecule has 0 radical (unpaired) electrons. The molecule has 0 aliphatic heterocycles. The lowest BCUT2D eigenvalue weighted by atomic mass is 10.1. The second-order valence-corrected chi connectivity index (χ2v) is 6.78. The van der Waals surface area contributed by atoms with Crippen molar-refractivity contribution in [2.45, 2.75) is 18.2 Å². The molecule has 1 N–H and O–H groups in total. The van der Waals surface area contributed by atoms with Gasteiger partial charge in [-0.15, -0.1) is 13.2 Å². The number of aliphatic carboxylic acids is 1. The van der Waals surface area contributed by atoms with Crippen LogP contribution in [0.2, 0.25) is 0 Å². The number of alkyl halides is 3. The van der Waals surface area contributed by atoms with Crippen molar-refractivity contribution in [2.24, 2.45) is 0 Å². The van der Waals surface area contributed by atoms with Gasteiger partial charge in [0.1, 0.15) is 5.75 Å². The third-order valence-electron chi connectivity index (χ3n) is 2.70. The van der Waals surface area contributed by atoms with Gasteiger partial charge in [0.05, 0.1) is 4.90 Å². The molecule has 0 aliphatic carbocycles. The minimum atomic E-state index is -4.96. The fourth-order valence-corrected chi connectivity index (χ4v) is 2.77. The highest BCUT2D eigenvalue weighted by atomic mass is 32.2. The average Bonchev–Trinajstić information content (AvgIpc) is 2.37. The van der Waals surface area contributed by atoms with Gasteiger partial charge in [-0.05, 0) is 36.3 Å². The van der Waals surface area contributed by atoms with Crippen LogP contribution in [0.15, 0.2) is 23.1 Å². The lowest BCUT2D eigenvalue weighted by molar-refractivity contribution is -0.274. The minimum Gasteiger partial charge on any atom is -0.478 e. The quantitative estimate of drug-likeness (QED) is 0.821. The van der Waals surface area contributed by atoms with E-state index in [4.69, 9.17) is 5.11 Å². The number of halogens is 3. The van der Waals surface area contributed by atoms with E-state index in [9.17, 15) is 26.4 Å². The highest BCUT2D eigenvalue weighted by Crippen LogP contribution is 2.32. The first-order chi connectivity index (χ1) is 10.3. The summed E-state index contributed by atoms with van der Waals surface area (Å²) >= 11 is 0. The molecule has 0 spiro atoms. The first-order valence-electron chi connectivity index (χ1n) is 6.08. The first kappa shape index (κ1) is 19.0. The third-order valence-corrected chi connectivity index (χ3v) is 4.57. The molecule has 0 amide bonds. The second kappa shape index (κ2) is 6.59. The van der Waals surface area contributed by atoms with Gasteiger partial charge in [-0.3, -0.25) is 0 Å². The summed E-state index contributed by atoms with van der Waals surface area (Å²) in [4.78, 5) is 10.3. The molecule has 1 rings (SSSR count). The molecule has 128 valence electrons. The van der Waals surface area contributed by atoms with Crippen LogP contribution in [0.5, 0.6) is 5.75 Å². The summed E-state index contributed by atoms with van der Waals surface area (Å²) in [5.41, 5.74) is -0.291. The van der Waals surface area contributed by atoms with Crippen molar-refractivity contribution in [1.29, 1.82) is 0 Å². The zero-order valence-corrected chi connectivity index (χ0v) is 13.2. The van der Waals surface area contributed by atoms with E-state index in [2.05, 4.69) is 4.74 Å². The molecule has 6 nitrogen and oxygen atoms in total. The third kappa shape index (κ3) is 4.96. The van der Waals surface area contributed by atoms with Crippen LogP contribution in [0.1, 0.15) is 11.1 Å². The van der Waals surface area contributed by atoms with Gasteiger partial charge in [0.15, 0.2) is 0 Å². The first-order valence-corrected chi connectivity index (χ1v) is 7.52. The summed E-state index contributed by atoms with van der Waals surface area (Å²) in [5.74, 6) is -1.99. The molecule has 23 heavy (non-hydrogen) atoms. The molecule has 10 heteroatoms. The van der Waals surface area contributed by atoms with Gasteiger partial charge >= 0.3 is 12.3 Å². The summed E-state index contributed by atoms with van der Waals surface area (Å²) in [5, 5.41) is 8.63. The second-order valence-electron chi connectivity index (χ2n) is 4.66. The number of rotatable bonds is 5. The van der Waals surface area contributed by atoms with E-state index in [1.165, 1.54) is 21.0 Å². The Morgan fingerprint density at radius 2 is 1.87 bits per heavy atom. The average molecular weight is 353 g/mol. The molecule has 0 saturated carbocycles. The smallest absolute Gasteiger partial charge is 0.478 e. The number of carbonyl (C=O) groups is 1. The Labute approximate surface area is 130 Å². The molecule has 0 aromatic heterocycles. The Morgan fingerprint density at radius 1 is 1.30 bits per heavy atom. The molecule has 1 aromatic rings. The van der Waals surface area contributed by atoms with Gasteiger partial charge in [-0.1, -0.05) is 0 Å². The van der Waals surface area contributed by atoms with Gasteiger partial charge in [0.25, 0.3) is 0 Å². The Morgan fingerprint density at radius 3 is 2.30 bits per heavy atom. The number of ether oxygens (including phenoxy) is 1. The highest BCUT2D eigenvalue weighted by molar-refractivity contribution is 7.89. The number of nitrogens with zero attached hydrogens (tertiary/aromatic N) is 1. The predicted molar refractivity (Wildman–Crippen MR) is 75.4 cm³/mol. The summed E-state index contributed by atoms with van der Waals surface area (Å²) in [6, 6.07) is 1.83. The van der Waals surface area contributed by atoms with Crippen LogP contribution >= 0.6 is 0 Å². The number of sulfonamides is 1. The van der Waals surface area contributed by atoms with E-state index >= 15 is 0 Å². The molecule has 0 fully saturated rings. The number of benzene rings is 1. The van der Waals surface area contributed by atoms with Crippen molar-refractivity contribution in [2.75, 3.05) is 14.1 Å². The highest BCUT2D eigenvalue weighted by Gasteiger charge is 2.32. The van der Waals surface area contributed by atoms with Crippen molar-refractivity contribution in [1.82, 2.24) is 4.31 Å². The Kier molecular flexibility index (Phi) is 5.43. The zero-order chi connectivity index (χ0) is 18.0. The molecule has 0 heterocycles. The van der Waals surface area contributed by atoms with Crippen LogP contribution in [0.4, 0.5) is 13.2 Å². The number of carboxylic acids is 1. The van der Waals surface area contributed by atoms with E-state index in [1.54, 1.807) is 0 Å². The summed E-state index contributed by atoms with van der Waals surface area (Å²) < 4.78 is 66.2. The molecular weight excluding hydrogens is 339 g/mol. The Bertz CT molecular complexity index is 739. The van der Waals surface area contributed by atoms with Crippen LogP contribution in [-0.2, 0) is 14.8 Å². The van der Waals surface area contributed by atoms with E-state index < -0.39 is 28.1 Å². The van der Waals surface area contributed by atoms with Crippen molar-refractivity contribution in [3.05, 3.63) is 29.3 Å². The normalized spacial score (nSPS) is 12.8. The largest absolute Gasteiger partial charge is 0.573 e. The van der Waals surface area contributed by atoms with Crippen molar-refractivity contribution in [3.8, 4) is 5.75 Å². The lowest BCUT2D eigenvalue weighted by Crippen LogP contribution is -2.23. The Balaban J connectivity index is 3.58. The molecule has 0 atom stereocenters. The summed E-state index contributed by atoms with van der Waals surface area (Å²) in [6.45, 7) is 1.25. The van der Waals surface area contributed by atoms with Gasteiger partial charge < -0.3 is 9.84 Å². The maximum Gasteiger partial charge on any atom is 0.573 e. The van der Waals surface area contributed by atoms with Crippen LogP contribution in [0.3, 0.4) is 0 Å².